The molecular formula is C15H24ClNO. The summed E-state index contributed by atoms with van der Waals surface area (Å²) < 4.78 is 5.84. The van der Waals surface area contributed by atoms with E-state index in [0.717, 1.165) is 41.3 Å². The summed E-state index contributed by atoms with van der Waals surface area (Å²) in [4.78, 5) is 0. The summed E-state index contributed by atoms with van der Waals surface area (Å²) >= 11 is 5.99. The second-order valence-electron chi connectivity index (χ2n) is 4.68. The molecule has 0 aliphatic rings. The molecule has 1 rings (SSSR count). The molecular weight excluding hydrogens is 246 g/mol. The Hall–Kier alpha value is -0.730. The standard InChI is InChI=1S/C15H24ClNO/c1-5-14(6-2)17-7-8-18-15-11(3)9-13(16)10-12(15)4/h9-10,14,17H,5-8H2,1-4H3. The first-order valence-electron chi connectivity index (χ1n) is 6.71. The third kappa shape index (κ3) is 4.51. The second-order valence-corrected chi connectivity index (χ2v) is 5.12. The Morgan fingerprint density at radius 1 is 1.17 bits per heavy atom. The fraction of sp³-hybridized carbons (Fsp3) is 0.600. The van der Waals surface area contributed by atoms with Crippen molar-refractivity contribution >= 4 is 11.6 Å². The smallest absolute Gasteiger partial charge is 0.125 e. The average Bonchev–Trinajstić information content (AvgIpc) is 2.32. The molecule has 2 nitrogen and oxygen atoms in total. The van der Waals surface area contributed by atoms with Gasteiger partial charge in [-0.2, -0.15) is 0 Å². The molecule has 0 saturated carbocycles. The summed E-state index contributed by atoms with van der Waals surface area (Å²) in [6.45, 7) is 10.0. The first-order chi connectivity index (χ1) is 8.58. The van der Waals surface area contributed by atoms with Crippen molar-refractivity contribution in [1.82, 2.24) is 5.32 Å². The number of ether oxygens (including phenoxy) is 1. The van der Waals surface area contributed by atoms with Crippen LogP contribution in [0.2, 0.25) is 5.02 Å². The first kappa shape index (κ1) is 15.3. The molecule has 0 aliphatic carbocycles. The van der Waals surface area contributed by atoms with Crippen LogP contribution in [0.3, 0.4) is 0 Å². The second kappa shape index (κ2) is 7.65. The molecule has 0 amide bonds. The van der Waals surface area contributed by atoms with Crippen LogP contribution in [0.5, 0.6) is 5.75 Å². The Morgan fingerprint density at radius 2 is 1.72 bits per heavy atom. The molecule has 0 fully saturated rings. The lowest BCUT2D eigenvalue weighted by Crippen LogP contribution is -2.31. The van der Waals surface area contributed by atoms with Gasteiger partial charge in [0.25, 0.3) is 0 Å². The highest BCUT2D eigenvalue weighted by Crippen LogP contribution is 2.26. The van der Waals surface area contributed by atoms with E-state index >= 15 is 0 Å². The van der Waals surface area contributed by atoms with Gasteiger partial charge in [0.05, 0.1) is 0 Å². The highest BCUT2D eigenvalue weighted by atomic mass is 35.5. The zero-order chi connectivity index (χ0) is 13.5. The third-order valence-electron chi connectivity index (χ3n) is 3.19. The maximum Gasteiger partial charge on any atom is 0.125 e. The van der Waals surface area contributed by atoms with Gasteiger partial charge in [0, 0.05) is 17.6 Å². The average molecular weight is 270 g/mol. The van der Waals surface area contributed by atoms with Crippen molar-refractivity contribution in [2.75, 3.05) is 13.2 Å². The van der Waals surface area contributed by atoms with Crippen molar-refractivity contribution in [3.05, 3.63) is 28.3 Å². The lowest BCUT2D eigenvalue weighted by Gasteiger charge is -2.16. The molecule has 0 atom stereocenters. The highest BCUT2D eigenvalue weighted by molar-refractivity contribution is 6.30. The molecule has 0 heterocycles. The topological polar surface area (TPSA) is 21.3 Å². The predicted molar refractivity (Wildman–Crippen MR) is 78.8 cm³/mol. The molecule has 0 aromatic heterocycles. The summed E-state index contributed by atoms with van der Waals surface area (Å²) in [6, 6.07) is 4.48. The van der Waals surface area contributed by atoms with Crippen LogP contribution in [-0.2, 0) is 0 Å². The zero-order valence-corrected chi connectivity index (χ0v) is 12.6. The van der Waals surface area contributed by atoms with Crippen molar-refractivity contribution in [2.45, 2.75) is 46.6 Å². The van der Waals surface area contributed by atoms with Gasteiger partial charge in [0.15, 0.2) is 0 Å². The van der Waals surface area contributed by atoms with Crippen molar-refractivity contribution < 1.29 is 4.74 Å². The zero-order valence-electron chi connectivity index (χ0n) is 11.8. The molecule has 102 valence electrons. The van der Waals surface area contributed by atoms with Crippen molar-refractivity contribution in [1.29, 1.82) is 0 Å². The maximum absolute atomic E-state index is 5.99. The van der Waals surface area contributed by atoms with Crippen LogP contribution in [0, 0.1) is 13.8 Å². The van der Waals surface area contributed by atoms with Crippen molar-refractivity contribution in [2.24, 2.45) is 0 Å². The van der Waals surface area contributed by atoms with Crippen LogP contribution in [0.1, 0.15) is 37.8 Å². The lowest BCUT2D eigenvalue weighted by atomic mass is 10.1. The van der Waals surface area contributed by atoms with Crippen LogP contribution in [0.25, 0.3) is 0 Å². The maximum atomic E-state index is 5.99. The van der Waals surface area contributed by atoms with Gasteiger partial charge < -0.3 is 10.1 Å². The van der Waals surface area contributed by atoms with Crippen LogP contribution in [0.15, 0.2) is 12.1 Å². The monoisotopic (exact) mass is 269 g/mol. The van der Waals surface area contributed by atoms with E-state index in [1.165, 1.54) is 0 Å². The number of nitrogens with one attached hydrogen (secondary N) is 1. The normalized spacial score (nSPS) is 11.0. The van der Waals surface area contributed by atoms with Gasteiger partial charge in [0.2, 0.25) is 0 Å². The summed E-state index contributed by atoms with van der Waals surface area (Å²) in [5.74, 6) is 0.964. The molecule has 0 radical (unpaired) electrons. The minimum Gasteiger partial charge on any atom is -0.492 e. The van der Waals surface area contributed by atoms with E-state index in [0.29, 0.717) is 12.6 Å². The van der Waals surface area contributed by atoms with Crippen molar-refractivity contribution in [3.8, 4) is 5.75 Å². The van der Waals surface area contributed by atoms with Crippen LogP contribution in [0.4, 0.5) is 0 Å². The molecule has 0 spiro atoms. The van der Waals surface area contributed by atoms with E-state index < -0.39 is 0 Å². The fourth-order valence-electron chi connectivity index (χ4n) is 2.12. The van der Waals surface area contributed by atoms with Crippen LogP contribution >= 0.6 is 11.6 Å². The van der Waals surface area contributed by atoms with E-state index in [4.69, 9.17) is 16.3 Å². The van der Waals surface area contributed by atoms with Gasteiger partial charge in [-0.05, 0) is 49.9 Å². The molecule has 1 aromatic rings. The molecule has 18 heavy (non-hydrogen) atoms. The number of rotatable bonds is 7. The molecule has 0 bridgehead atoms. The van der Waals surface area contributed by atoms with E-state index in [2.05, 4.69) is 19.2 Å². The SMILES string of the molecule is CCC(CC)NCCOc1c(C)cc(Cl)cc1C. The Balaban J connectivity index is 2.44. The first-order valence-corrected chi connectivity index (χ1v) is 7.09. The van der Waals surface area contributed by atoms with Gasteiger partial charge >= 0.3 is 0 Å². The molecule has 1 aromatic carbocycles. The number of hydrogen-bond acceptors (Lipinski definition) is 2. The summed E-state index contributed by atoms with van der Waals surface area (Å²) in [5.41, 5.74) is 2.20. The Morgan fingerprint density at radius 3 is 2.22 bits per heavy atom. The van der Waals surface area contributed by atoms with Crippen LogP contribution < -0.4 is 10.1 Å². The third-order valence-corrected chi connectivity index (χ3v) is 3.41. The minimum atomic E-state index is 0.598. The molecule has 0 aliphatic heterocycles. The summed E-state index contributed by atoms with van der Waals surface area (Å²) in [6.07, 6.45) is 2.32. The molecule has 3 heteroatoms. The number of halogens is 1. The predicted octanol–water partition coefficient (Wildman–Crippen LogP) is 4.11. The van der Waals surface area contributed by atoms with Gasteiger partial charge in [0.1, 0.15) is 12.4 Å². The number of benzene rings is 1. The van der Waals surface area contributed by atoms with Crippen molar-refractivity contribution in [3.63, 3.8) is 0 Å². The summed E-state index contributed by atoms with van der Waals surface area (Å²) in [5, 5.41) is 4.26. The Labute approximate surface area is 116 Å². The number of aryl methyl sites for hydroxylation is 2. The number of hydrogen-bond donors (Lipinski definition) is 1. The Bertz CT molecular complexity index is 352. The largest absolute Gasteiger partial charge is 0.492 e. The van der Waals surface area contributed by atoms with E-state index in [-0.39, 0.29) is 0 Å². The fourth-order valence-corrected chi connectivity index (χ4v) is 2.45. The molecule has 0 unspecified atom stereocenters. The van der Waals surface area contributed by atoms with Gasteiger partial charge in [-0.25, -0.2) is 0 Å². The minimum absolute atomic E-state index is 0.598. The van der Waals surface area contributed by atoms with E-state index in [9.17, 15) is 0 Å². The van der Waals surface area contributed by atoms with Gasteiger partial charge in [-0.3, -0.25) is 0 Å². The highest BCUT2D eigenvalue weighted by Gasteiger charge is 2.06. The van der Waals surface area contributed by atoms with Gasteiger partial charge in [-0.15, -0.1) is 0 Å². The van der Waals surface area contributed by atoms with E-state index in [1.807, 2.05) is 26.0 Å². The quantitative estimate of drug-likeness (QED) is 0.752. The lowest BCUT2D eigenvalue weighted by molar-refractivity contribution is 0.299. The molecule has 1 N–H and O–H groups in total. The van der Waals surface area contributed by atoms with E-state index in [1.54, 1.807) is 0 Å². The van der Waals surface area contributed by atoms with Gasteiger partial charge in [-0.1, -0.05) is 25.4 Å². The summed E-state index contributed by atoms with van der Waals surface area (Å²) in [7, 11) is 0. The Kier molecular flexibility index (Phi) is 6.51. The van der Waals surface area contributed by atoms with Crippen LogP contribution in [-0.4, -0.2) is 19.2 Å². The molecule has 0 saturated heterocycles.